The third kappa shape index (κ3) is 3.53. The van der Waals surface area contributed by atoms with E-state index in [9.17, 15) is 10.1 Å². The Hall–Kier alpha value is -2.77. The Morgan fingerprint density at radius 1 is 1.30 bits per heavy atom. The van der Waals surface area contributed by atoms with Crippen molar-refractivity contribution in [3.05, 3.63) is 39.7 Å². The predicted octanol–water partition coefficient (Wildman–Crippen LogP) is 2.52. The molecule has 0 saturated carbocycles. The maximum Gasteiger partial charge on any atom is 0.296 e. The van der Waals surface area contributed by atoms with Crippen LogP contribution in [-0.2, 0) is 20.0 Å². The molecule has 0 saturated heterocycles. The first-order valence-electron chi connectivity index (χ1n) is 7.15. The van der Waals surface area contributed by atoms with Crippen molar-refractivity contribution in [3.8, 4) is 11.5 Å². The molecule has 1 heterocycles. The molecule has 124 valence electrons. The van der Waals surface area contributed by atoms with Crippen molar-refractivity contribution in [3.63, 3.8) is 0 Å². The molecule has 0 spiro atoms. The van der Waals surface area contributed by atoms with Crippen molar-refractivity contribution in [2.45, 2.75) is 19.9 Å². The van der Waals surface area contributed by atoms with E-state index < -0.39 is 4.92 Å². The Morgan fingerprint density at radius 2 is 1.96 bits per heavy atom. The van der Waals surface area contributed by atoms with Crippen molar-refractivity contribution < 1.29 is 14.4 Å². The van der Waals surface area contributed by atoms with Crippen LogP contribution >= 0.6 is 0 Å². The summed E-state index contributed by atoms with van der Waals surface area (Å²) in [6, 6.07) is 2.92. The summed E-state index contributed by atoms with van der Waals surface area (Å²) >= 11 is 0. The molecular formula is C15H20N4O4. The number of nitrogens with one attached hydrogen (secondary N) is 1. The fourth-order valence-electron chi connectivity index (χ4n) is 2.38. The summed E-state index contributed by atoms with van der Waals surface area (Å²) in [5, 5.41) is 18.7. The molecule has 0 aliphatic rings. The topological polar surface area (TPSA) is 91.5 Å². The number of nitro groups is 1. The summed E-state index contributed by atoms with van der Waals surface area (Å²) in [6.07, 6.45) is 2.70. The van der Waals surface area contributed by atoms with Gasteiger partial charge in [0.15, 0.2) is 11.5 Å². The van der Waals surface area contributed by atoms with Crippen molar-refractivity contribution in [1.29, 1.82) is 0 Å². The van der Waals surface area contributed by atoms with Crippen LogP contribution in [0.4, 0.5) is 11.4 Å². The summed E-state index contributed by atoms with van der Waals surface area (Å²) < 4.78 is 12.1. The molecule has 23 heavy (non-hydrogen) atoms. The Balaban J connectivity index is 2.32. The SMILES string of the molecule is CCc1nn(C)cc1CNc1cc(OC)c(OC)cc1[N+](=O)[O-]. The molecule has 1 N–H and O–H groups in total. The second-order valence-electron chi connectivity index (χ2n) is 4.96. The van der Waals surface area contributed by atoms with Crippen molar-refractivity contribution in [1.82, 2.24) is 9.78 Å². The van der Waals surface area contributed by atoms with Gasteiger partial charge in [-0.15, -0.1) is 0 Å². The van der Waals surface area contributed by atoms with Gasteiger partial charge in [0.05, 0.1) is 30.9 Å². The quantitative estimate of drug-likeness (QED) is 0.622. The van der Waals surface area contributed by atoms with E-state index in [1.165, 1.54) is 20.3 Å². The minimum atomic E-state index is -0.450. The van der Waals surface area contributed by atoms with Gasteiger partial charge in [-0.05, 0) is 6.42 Å². The van der Waals surface area contributed by atoms with Crippen molar-refractivity contribution in [2.75, 3.05) is 19.5 Å². The molecule has 0 fully saturated rings. The number of aryl methyl sites for hydroxylation is 2. The van der Waals surface area contributed by atoms with E-state index >= 15 is 0 Å². The van der Waals surface area contributed by atoms with E-state index in [0.717, 1.165) is 17.7 Å². The Labute approximate surface area is 134 Å². The highest BCUT2D eigenvalue weighted by atomic mass is 16.6. The van der Waals surface area contributed by atoms with Gasteiger partial charge >= 0.3 is 0 Å². The highest BCUT2D eigenvalue weighted by molar-refractivity contribution is 5.68. The molecule has 0 unspecified atom stereocenters. The first kappa shape index (κ1) is 16.6. The lowest BCUT2D eigenvalue weighted by Gasteiger charge is -2.12. The van der Waals surface area contributed by atoms with Crippen LogP contribution in [0, 0.1) is 10.1 Å². The second kappa shape index (κ2) is 6.99. The van der Waals surface area contributed by atoms with Gasteiger partial charge in [0.1, 0.15) is 5.69 Å². The molecular weight excluding hydrogens is 300 g/mol. The first-order chi connectivity index (χ1) is 11.0. The second-order valence-corrected chi connectivity index (χ2v) is 4.96. The van der Waals surface area contributed by atoms with Gasteiger partial charge in [0.25, 0.3) is 5.69 Å². The summed E-state index contributed by atoms with van der Waals surface area (Å²) in [7, 11) is 4.78. The van der Waals surface area contributed by atoms with E-state index in [0.29, 0.717) is 23.7 Å². The van der Waals surface area contributed by atoms with Crippen LogP contribution in [0.25, 0.3) is 0 Å². The lowest BCUT2D eigenvalue weighted by molar-refractivity contribution is -0.384. The number of nitrogens with zero attached hydrogens (tertiary/aromatic N) is 3. The monoisotopic (exact) mass is 320 g/mol. The van der Waals surface area contributed by atoms with Crippen LogP contribution < -0.4 is 14.8 Å². The number of rotatable bonds is 7. The molecule has 8 nitrogen and oxygen atoms in total. The minimum absolute atomic E-state index is 0.0652. The maximum absolute atomic E-state index is 11.3. The molecule has 0 radical (unpaired) electrons. The number of benzene rings is 1. The number of ether oxygens (including phenoxy) is 2. The zero-order valence-electron chi connectivity index (χ0n) is 13.6. The fraction of sp³-hybridized carbons (Fsp3) is 0.400. The molecule has 0 aliphatic carbocycles. The molecule has 2 aromatic rings. The van der Waals surface area contributed by atoms with Gasteiger partial charge in [-0.25, -0.2) is 0 Å². The normalized spacial score (nSPS) is 10.4. The number of nitro benzene ring substituents is 1. The molecule has 2 rings (SSSR count). The van der Waals surface area contributed by atoms with Crippen LogP contribution in [0.3, 0.4) is 0 Å². The Morgan fingerprint density at radius 3 is 2.52 bits per heavy atom. The van der Waals surface area contributed by atoms with Crippen LogP contribution in [0.2, 0.25) is 0 Å². The fourth-order valence-corrected chi connectivity index (χ4v) is 2.38. The average Bonchev–Trinajstić information content (AvgIpc) is 2.91. The van der Waals surface area contributed by atoms with Crippen molar-refractivity contribution in [2.24, 2.45) is 7.05 Å². The number of aromatic nitrogens is 2. The Kier molecular flexibility index (Phi) is 5.05. The highest BCUT2D eigenvalue weighted by Crippen LogP contribution is 2.37. The summed E-state index contributed by atoms with van der Waals surface area (Å²) in [6.45, 7) is 2.46. The number of hydrogen-bond donors (Lipinski definition) is 1. The van der Waals surface area contributed by atoms with Gasteiger partial charge in [-0.1, -0.05) is 6.92 Å². The van der Waals surface area contributed by atoms with Crippen molar-refractivity contribution >= 4 is 11.4 Å². The van der Waals surface area contributed by atoms with Gasteiger partial charge in [-0.2, -0.15) is 5.10 Å². The molecule has 0 atom stereocenters. The number of methoxy groups -OCH3 is 2. The highest BCUT2D eigenvalue weighted by Gasteiger charge is 2.19. The summed E-state index contributed by atoms with van der Waals surface area (Å²) in [5.74, 6) is 0.753. The Bertz CT molecular complexity index is 712. The summed E-state index contributed by atoms with van der Waals surface area (Å²) in [5.41, 5.74) is 2.27. The lowest BCUT2D eigenvalue weighted by Crippen LogP contribution is -2.05. The maximum atomic E-state index is 11.3. The predicted molar refractivity (Wildman–Crippen MR) is 86.1 cm³/mol. The van der Waals surface area contributed by atoms with Gasteiger partial charge < -0.3 is 14.8 Å². The number of anilines is 1. The summed E-state index contributed by atoms with van der Waals surface area (Å²) in [4.78, 5) is 10.8. The molecule has 8 heteroatoms. The third-order valence-corrected chi connectivity index (χ3v) is 3.49. The molecule has 1 aromatic heterocycles. The standard InChI is InChI=1S/C15H20N4O4/c1-5-11-10(9-18(2)17-11)8-16-12-6-14(22-3)15(23-4)7-13(12)19(20)21/h6-7,9,16H,5,8H2,1-4H3. The van der Waals surface area contributed by atoms with E-state index in [4.69, 9.17) is 9.47 Å². The van der Waals surface area contributed by atoms with Crippen LogP contribution in [0.1, 0.15) is 18.2 Å². The molecule has 0 aliphatic heterocycles. The number of hydrogen-bond acceptors (Lipinski definition) is 6. The zero-order chi connectivity index (χ0) is 17.0. The average molecular weight is 320 g/mol. The van der Waals surface area contributed by atoms with Gasteiger partial charge in [-0.3, -0.25) is 14.8 Å². The molecule has 0 bridgehead atoms. The van der Waals surface area contributed by atoms with Gasteiger partial charge in [0.2, 0.25) is 0 Å². The zero-order valence-corrected chi connectivity index (χ0v) is 13.6. The molecule has 1 aromatic carbocycles. The minimum Gasteiger partial charge on any atom is -0.493 e. The smallest absolute Gasteiger partial charge is 0.296 e. The third-order valence-electron chi connectivity index (χ3n) is 3.49. The molecule has 0 amide bonds. The van der Waals surface area contributed by atoms with Gasteiger partial charge in [0, 0.05) is 31.4 Å². The van der Waals surface area contributed by atoms with E-state index in [2.05, 4.69) is 10.4 Å². The van der Waals surface area contributed by atoms with Crippen LogP contribution in [0.15, 0.2) is 18.3 Å². The van der Waals surface area contributed by atoms with E-state index in [1.54, 1.807) is 10.7 Å². The van der Waals surface area contributed by atoms with Crippen LogP contribution in [-0.4, -0.2) is 28.9 Å². The largest absolute Gasteiger partial charge is 0.493 e. The lowest BCUT2D eigenvalue weighted by atomic mass is 10.2. The van der Waals surface area contributed by atoms with Crippen LogP contribution in [0.5, 0.6) is 11.5 Å². The van der Waals surface area contributed by atoms with E-state index in [1.807, 2.05) is 20.2 Å². The van der Waals surface area contributed by atoms with E-state index in [-0.39, 0.29) is 5.69 Å². The first-order valence-corrected chi connectivity index (χ1v) is 7.15.